The molecule has 1 amide bonds. The number of carbonyl (C=O) groups is 1. The number of amides is 1. The minimum Gasteiger partial charge on any atom is -0.436 e. The molecule has 1 N–H and O–H groups in total. The van der Waals surface area contributed by atoms with Crippen molar-refractivity contribution in [2.24, 2.45) is 0 Å². The average molecular weight is 384 g/mol. The first-order valence-electron chi connectivity index (χ1n) is 7.10. The standard InChI is InChI=1S/C17H13Cl3N2O2/c1-9-3-4-11(7-10(9)2)15-22-13-8-12(5-6-14(13)24-15)21-16(23)17(18,19)20/h3-8H,1-2H3,(H,21,23). The highest BCUT2D eigenvalue weighted by atomic mass is 35.6. The SMILES string of the molecule is Cc1ccc(-c2nc3cc(NC(=O)C(Cl)(Cl)Cl)ccc3o2)cc1C. The topological polar surface area (TPSA) is 55.1 Å². The number of benzene rings is 2. The zero-order valence-electron chi connectivity index (χ0n) is 12.9. The quantitative estimate of drug-likeness (QED) is 0.601. The minimum absolute atomic E-state index is 0.471. The number of rotatable bonds is 2. The lowest BCUT2D eigenvalue weighted by Gasteiger charge is -2.10. The Bertz CT molecular complexity index is 929. The van der Waals surface area contributed by atoms with E-state index in [1.54, 1.807) is 18.2 Å². The number of oxazole rings is 1. The fourth-order valence-electron chi connectivity index (χ4n) is 2.21. The van der Waals surface area contributed by atoms with Gasteiger partial charge in [0, 0.05) is 11.3 Å². The zero-order chi connectivity index (χ0) is 17.5. The summed E-state index contributed by atoms with van der Waals surface area (Å²) in [4.78, 5) is 16.2. The second-order valence-electron chi connectivity index (χ2n) is 5.45. The largest absolute Gasteiger partial charge is 0.436 e. The van der Waals surface area contributed by atoms with E-state index in [-0.39, 0.29) is 0 Å². The lowest BCUT2D eigenvalue weighted by Crippen LogP contribution is -2.26. The molecule has 0 bridgehead atoms. The molecule has 0 aliphatic heterocycles. The molecule has 3 aromatic rings. The fraction of sp³-hybridized carbons (Fsp3) is 0.176. The van der Waals surface area contributed by atoms with Crippen molar-refractivity contribution in [3.63, 3.8) is 0 Å². The molecule has 1 heterocycles. The van der Waals surface area contributed by atoms with Gasteiger partial charge in [-0.3, -0.25) is 4.79 Å². The van der Waals surface area contributed by atoms with Crippen molar-refractivity contribution >= 4 is 57.5 Å². The molecule has 3 rings (SSSR count). The number of alkyl halides is 3. The Morgan fingerprint density at radius 2 is 1.83 bits per heavy atom. The highest BCUT2D eigenvalue weighted by molar-refractivity contribution is 6.76. The number of aromatic nitrogens is 1. The Labute approximate surface area is 153 Å². The monoisotopic (exact) mass is 382 g/mol. The van der Waals surface area contributed by atoms with Crippen molar-refractivity contribution in [1.29, 1.82) is 0 Å². The van der Waals surface area contributed by atoms with Gasteiger partial charge >= 0.3 is 0 Å². The molecule has 0 unspecified atom stereocenters. The van der Waals surface area contributed by atoms with Crippen molar-refractivity contribution in [2.75, 3.05) is 5.32 Å². The number of anilines is 1. The highest BCUT2D eigenvalue weighted by Gasteiger charge is 2.30. The van der Waals surface area contributed by atoms with Crippen LogP contribution in [0, 0.1) is 13.8 Å². The van der Waals surface area contributed by atoms with Crippen molar-refractivity contribution in [3.8, 4) is 11.5 Å². The number of nitrogens with one attached hydrogen (secondary N) is 1. The first-order valence-corrected chi connectivity index (χ1v) is 8.24. The summed E-state index contributed by atoms with van der Waals surface area (Å²) in [5.74, 6) is -0.220. The number of hydrogen-bond acceptors (Lipinski definition) is 3. The smallest absolute Gasteiger partial charge is 0.276 e. The summed E-state index contributed by atoms with van der Waals surface area (Å²) in [6, 6.07) is 11.0. The zero-order valence-corrected chi connectivity index (χ0v) is 15.1. The van der Waals surface area contributed by atoms with Gasteiger partial charge in [0.05, 0.1) is 0 Å². The van der Waals surface area contributed by atoms with Gasteiger partial charge in [-0.15, -0.1) is 0 Å². The Kier molecular flexibility index (Phi) is 4.47. The Morgan fingerprint density at radius 3 is 2.50 bits per heavy atom. The molecule has 7 heteroatoms. The molecule has 124 valence electrons. The molecule has 0 atom stereocenters. The number of carbonyl (C=O) groups excluding carboxylic acids is 1. The van der Waals surface area contributed by atoms with Gasteiger partial charge in [0.15, 0.2) is 5.58 Å². The summed E-state index contributed by atoms with van der Waals surface area (Å²) in [7, 11) is 0. The lowest BCUT2D eigenvalue weighted by molar-refractivity contribution is -0.115. The van der Waals surface area contributed by atoms with Gasteiger partial charge in [0.25, 0.3) is 9.70 Å². The first-order chi connectivity index (χ1) is 11.2. The van der Waals surface area contributed by atoms with E-state index in [4.69, 9.17) is 39.2 Å². The Hall–Kier alpha value is -1.75. The number of aryl methyl sites for hydroxylation is 2. The van der Waals surface area contributed by atoms with E-state index in [1.807, 2.05) is 32.0 Å². The van der Waals surface area contributed by atoms with Crippen LogP contribution in [0.5, 0.6) is 0 Å². The maximum Gasteiger partial charge on any atom is 0.276 e. The maximum atomic E-state index is 11.7. The molecule has 0 saturated heterocycles. The summed E-state index contributed by atoms with van der Waals surface area (Å²) in [6.07, 6.45) is 0. The molecule has 0 saturated carbocycles. The third kappa shape index (κ3) is 3.51. The minimum atomic E-state index is -2.02. The molecule has 2 aromatic carbocycles. The van der Waals surface area contributed by atoms with Gasteiger partial charge in [0.2, 0.25) is 5.89 Å². The summed E-state index contributed by atoms with van der Waals surface area (Å²) >= 11 is 16.6. The number of hydrogen-bond donors (Lipinski definition) is 1. The van der Waals surface area contributed by atoms with Gasteiger partial charge in [-0.05, 0) is 55.3 Å². The van der Waals surface area contributed by atoms with Crippen molar-refractivity contribution in [3.05, 3.63) is 47.5 Å². The summed E-state index contributed by atoms with van der Waals surface area (Å²) in [5, 5.41) is 2.52. The molecule has 0 aliphatic carbocycles. The molecular formula is C17H13Cl3N2O2. The molecule has 0 fully saturated rings. The van der Waals surface area contributed by atoms with Crippen LogP contribution in [0.1, 0.15) is 11.1 Å². The predicted molar refractivity (Wildman–Crippen MR) is 97.8 cm³/mol. The van der Waals surface area contributed by atoms with Gasteiger partial charge < -0.3 is 9.73 Å². The van der Waals surface area contributed by atoms with Crippen LogP contribution in [-0.2, 0) is 4.79 Å². The second kappa shape index (κ2) is 6.28. The van der Waals surface area contributed by atoms with Crippen LogP contribution in [0.15, 0.2) is 40.8 Å². The third-order valence-corrected chi connectivity index (χ3v) is 4.17. The van der Waals surface area contributed by atoms with E-state index in [0.717, 1.165) is 11.1 Å². The highest BCUT2D eigenvalue weighted by Crippen LogP contribution is 2.30. The van der Waals surface area contributed by atoms with Gasteiger partial charge in [-0.1, -0.05) is 40.9 Å². The average Bonchev–Trinajstić information content (AvgIpc) is 2.92. The third-order valence-electron chi connectivity index (χ3n) is 3.66. The van der Waals surface area contributed by atoms with Crippen LogP contribution in [-0.4, -0.2) is 14.7 Å². The Balaban J connectivity index is 1.94. The lowest BCUT2D eigenvalue weighted by atomic mass is 10.1. The van der Waals surface area contributed by atoms with E-state index < -0.39 is 9.70 Å². The van der Waals surface area contributed by atoms with Crippen LogP contribution in [0.3, 0.4) is 0 Å². The molecule has 1 aromatic heterocycles. The summed E-state index contributed by atoms with van der Waals surface area (Å²) in [5.41, 5.74) is 4.93. The van der Waals surface area contributed by atoms with Gasteiger partial charge in [-0.25, -0.2) is 4.98 Å². The first kappa shape index (κ1) is 17.1. The normalized spacial score (nSPS) is 11.7. The molecule has 0 spiro atoms. The maximum absolute atomic E-state index is 11.7. The van der Waals surface area contributed by atoms with Crippen LogP contribution < -0.4 is 5.32 Å². The number of nitrogens with zero attached hydrogens (tertiary/aromatic N) is 1. The van der Waals surface area contributed by atoms with Crippen LogP contribution in [0.2, 0.25) is 0 Å². The molecule has 0 aliphatic rings. The number of fused-ring (bicyclic) bond motifs is 1. The van der Waals surface area contributed by atoms with E-state index >= 15 is 0 Å². The van der Waals surface area contributed by atoms with Crippen molar-refractivity contribution in [1.82, 2.24) is 4.98 Å². The van der Waals surface area contributed by atoms with E-state index in [1.165, 1.54) is 5.56 Å². The fourth-order valence-corrected chi connectivity index (χ4v) is 2.35. The summed E-state index contributed by atoms with van der Waals surface area (Å²) < 4.78 is 3.75. The molecular weight excluding hydrogens is 371 g/mol. The molecule has 4 nitrogen and oxygen atoms in total. The second-order valence-corrected chi connectivity index (χ2v) is 7.73. The predicted octanol–water partition coefficient (Wildman–Crippen LogP) is 5.42. The summed E-state index contributed by atoms with van der Waals surface area (Å²) in [6.45, 7) is 4.08. The van der Waals surface area contributed by atoms with Crippen molar-refractivity contribution < 1.29 is 9.21 Å². The Morgan fingerprint density at radius 1 is 1.08 bits per heavy atom. The molecule has 0 radical (unpaired) electrons. The molecule has 24 heavy (non-hydrogen) atoms. The van der Waals surface area contributed by atoms with Crippen LogP contribution in [0.4, 0.5) is 5.69 Å². The van der Waals surface area contributed by atoms with Crippen LogP contribution >= 0.6 is 34.8 Å². The van der Waals surface area contributed by atoms with Crippen molar-refractivity contribution in [2.45, 2.75) is 17.6 Å². The van der Waals surface area contributed by atoms with Gasteiger partial charge in [0.1, 0.15) is 5.52 Å². The van der Waals surface area contributed by atoms with Crippen LogP contribution in [0.25, 0.3) is 22.6 Å². The van der Waals surface area contributed by atoms with E-state index in [0.29, 0.717) is 22.7 Å². The number of halogens is 3. The van der Waals surface area contributed by atoms with E-state index in [9.17, 15) is 4.79 Å². The van der Waals surface area contributed by atoms with Gasteiger partial charge in [-0.2, -0.15) is 0 Å². The van der Waals surface area contributed by atoms with E-state index in [2.05, 4.69) is 10.3 Å².